The zero-order valence-electron chi connectivity index (χ0n) is 12.4. The molecule has 0 aromatic heterocycles. The van der Waals surface area contributed by atoms with Crippen molar-refractivity contribution < 1.29 is 23.2 Å². The van der Waals surface area contributed by atoms with Crippen LogP contribution < -0.4 is 10.6 Å². The Morgan fingerprint density at radius 3 is 2.74 bits per heavy atom. The van der Waals surface area contributed by atoms with Crippen molar-refractivity contribution in [3.05, 3.63) is 35.4 Å². The number of urea groups is 1. The first-order valence-electron chi connectivity index (χ1n) is 7.20. The molecule has 0 unspecified atom stereocenters. The third-order valence-electron chi connectivity index (χ3n) is 3.99. The van der Waals surface area contributed by atoms with Crippen molar-refractivity contribution in [2.24, 2.45) is 0 Å². The molecule has 1 heterocycles. The molecule has 8 heteroatoms. The molecule has 1 aliphatic heterocycles. The molecule has 0 radical (unpaired) electrons. The molecule has 2 N–H and O–H groups in total. The Bertz CT molecular complexity index is 705. The van der Waals surface area contributed by atoms with Crippen molar-refractivity contribution in [2.75, 3.05) is 6.54 Å². The summed E-state index contributed by atoms with van der Waals surface area (Å²) in [7, 11) is 0. The van der Waals surface area contributed by atoms with Crippen molar-refractivity contribution in [1.29, 1.82) is 0 Å². The summed E-state index contributed by atoms with van der Waals surface area (Å²) in [6.07, 6.45) is 1.75. The number of imide groups is 1. The maximum atomic E-state index is 14.0. The maximum absolute atomic E-state index is 14.0. The van der Waals surface area contributed by atoms with Crippen molar-refractivity contribution in [1.82, 2.24) is 15.5 Å². The highest BCUT2D eigenvalue weighted by molar-refractivity contribution is 6.09. The van der Waals surface area contributed by atoms with Crippen LogP contribution in [0.5, 0.6) is 0 Å². The average molecular weight is 323 g/mol. The molecular weight excluding hydrogens is 308 g/mol. The molecule has 6 nitrogen and oxygen atoms in total. The zero-order chi connectivity index (χ0) is 16.8. The Labute approximate surface area is 130 Å². The van der Waals surface area contributed by atoms with Crippen molar-refractivity contribution in [2.45, 2.75) is 31.3 Å². The summed E-state index contributed by atoms with van der Waals surface area (Å²) in [5, 5.41) is 5.00. The Balaban J connectivity index is 1.84. The molecule has 1 saturated heterocycles. The van der Waals surface area contributed by atoms with Gasteiger partial charge in [-0.3, -0.25) is 14.5 Å². The summed E-state index contributed by atoms with van der Waals surface area (Å²) in [5.41, 5.74) is -2.02. The van der Waals surface area contributed by atoms with Crippen molar-refractivity contribution >= 4 is 17.8 Å². The molecule has 1 saturated carbocycles. The second-order valence-electron chi connectivity index (χ2n) is 5.91. The summed E-state index contributed by atoms with van der Waals surface area (Å²) in [6.45, 7) is 0.831. The molecule has 1 aromatic rings. The van der Waals surface area contributed by atoms with Gasteiger partial charge in [-0.1, -0.05) is 0 Å². The van der Waals surface area contributed by atoms with Crippen LogP contribution in [0.3, 0.4) is 0 Å². The third-order valence-corrected chi connectivity index (χ3v) is 3.99. The lowest BCUT2D eigenvalue weighted by molar-refractivity contribution is -0.134. The molecule has 2 aliphatic rings. The summed E-state index contributed by atoms with van der Waals surface area (Å²) in [5.74, 6) is -2.79. The third kappa shape index (κ3) is 2.76. The highest BCUT2D eigenvalue weighted by Gasteiger charge is 2.51. The van der Waals surface area contributed by atoms with E-state index in [0.29, 0.717) is 4.90 Å². The van der Waals surface area contributed by atoms with Gasteiger partial charge in [-0.15, -0.1) is 0 Å². The highest BCUT2D eigenvalue weighted by Crippen LogP contribution is 2.31. The van der Waals surface area contributed by atoms with Crippen LogP contribution in [0.1, 0.15) is 25.3 Å². The fourth-order valence-electron chi connectivity index (χ4n) is 2.55. The van der Waals surface area contributed by atoms with Crippen molar-refractivity contribution in [3.8, 4) is 0 Å². The summed E-state index contributed by atoms with van der Waals surface area (Å²) < 4.78 is 27.4. The quantitative estimate of drug-likeness (QED) is 0.812. The first-order valence-corrected chi connectivity index (χ1v) is 7.20. The fourth-order valence-corrected chi connectivity index (χ4v) is 2.55. The number of nitrogens with one attached hydrogen (secondary N) is 2. The van der Waals surface area contributed by atoms with Gasteiger partial charge in [0.05, 0.1) is 0 Å². The van der Waals surface area contributed by atoms with E-state index in [1.807, 2.05) is 0 Å². The van der Waals surface area contributed by atoms with E-state index in [-0.39, 0.29) is 11.6 Å². The molecule has 0 bridgehead atoms. The molecule has 1 aliphatic carbocycles. The second kappa shape index (κ2) is 5.29. The SMILES string of the molecule is C[C@]1(c2cc(F)ccc2F)NC(=O)N(CC(=O)NC2CC2)C1=O. The number of carbonyl (C=O) groups is 3. The molecule has 23 heavy (non-hydrogen) atoms. The minimum Gasteiger partial charge on any atom is -0.352 e. The second-order valence-corrected chi connectivity index (χ2v) is 5.91. The number of halogens is 2. The molecule has 4 amide bonds. The number of hydrogen-bond acceptors (Lipinski definition) is 3. The molecule has 1 aromatic carbocycles. The van der Waals surface area contributed by atoms with Crippen molar-refractivity contribution in [3.63, 3.8) is 0 Å². The minimum absolute atomic E-state index is 0.0929. The number of amides is 4. The van der Waals surface area contributed by atoms with Gasteiger partial charge >= 0.3 is 6.03 Å². The van der Waals surface area contributed by atoms with Crippen LogP contribution in [-0.4, -0.2) is 35.3 Å². The van der Waals surface area contributed by atoms with Gasteiger partial charge < -0.3 is 10.6 Å². The van der Waals surface area contributed by atoms with E-state index in [4.69, 9.17) is 0 Å². The summed E-state index contributed by atoms with van der Waals surface area (Å²) in [4.78, 5) is 37.0. The largest absolute Gasteiger partial charge is 0.352 e. The number of hydrogen-bond donors (Lipinski definition) is 2. The van der Waals surface area contributed by atoms with E-state index >= 15 is 0 Å². The molecule has 0 spiro atoms. The standard InChI is InChI=1S/C15H15F2N3O3/c1-15(10-6-8(16)2-5-11(10)17)13(22)20(14(23)19-15)7-12(21)18-9-3-4-9/h2,5-6,9H,3-4,7H2,1H3,(H,18,21)(H,19,23)/t15-/m1/s1. The van der Waals surface area contributed by atoms with Gasteiger partial charge in [0, 0.05) is 11.6 Å². The van der Waals surface area contributed by atoms with E-state index in [9.17, 15) is 23.2 Å². The smallest absolute Gasteiger partial charge is 0.325 e. The predicted molar refractivity (Wildman–Crippen MR) is 75.1 cm³/mol. The lowest BCUT2D eigenvalue weighted by Gasteiger charge is -2.22. The number of nitrogens with zero attached hydrogens (tertiary/aromatic N) is 1. The molecular formula is C15H15F2N3O3. The first kappa shape index (κ1) is 15.4. The first-order chi connectivity index (χ1) is 10.8. The maximum Gasteiger partial charge on any atom is 0.325 e. The van der Waals surface area contributed by atoms with Crippen LogP contribution in [-0.2, 0) is 15.1 Å². The van der Waals surface area contributed by atoms with Crippen LogP contribution in [0.4, 0.5) is 13.6 Å². The van der Waals surface area contributed by atoms with Crippen LogP contribution in [0.25, 0.3) is 0 Å². The van der Waals surface area contributed by atoms with E-state index in [1.54, 1.807) is 0 Å². The Kier molecular flexibility index (Phi) is 3.54. The molecule has 1 atom stereocenters. The average Bonchev–Trinajstić information content (AvgIpc) is 3.26. The van der Waals surface area contributed by atoms with Gasteiger partial charge in [0.15, 0.2) is 0 Å². The lowest BCUT2D eigenvalue weighted by atomic mass is 9.91. The molecule has 2 fully saturated rings. The summed E-state index contributed by atoms with van der Waals surface area (Å²) >= 11 is 0. The van der Waals surface area contributed by atoms with E-state index in [2.05, 4.69) is 10.6 Å². The number of carbonyl (C=O) groups excluding carboxylic acids is 3. The predicted octanol–water partition coefficient (Wildman–Crippen LogP) is 1.01. The Morgan fingerprint density at radius 1 is 1.39 bits per heavy atom. The minimum atomic E-state index is -1.75. The molecule has 122 valence electrons. The van der Waals surface area contributed by atoms with Gasteiger partial charge in [-0.05, 0) is 38.0 Å². The van der Waals surface area contributed by atoms with Gasteiger partial charge in [-0.25, -0.2) is 13.6 Å². The zero-order valence-corrected chi connectivity index (χ0v) is 12.4. The number of benzene rings is 1. The Morgan fingerprint density at radius 2 is 2.09 bits per heavy atom. The number of rotatable bonds is 4. The van der Waals surface area contributed by atoms with Gasteiger partial charge in [-0.2, -0.15) is 0 Å². The van der Waals surface area contributed by atoms with Gasteiger partial charge in [0.1, 0.15) is 23.7 Å². The van der Waals surface area contributed by atoms with E-state index in [0.717, 1.165) is 31.0 Å². The highest BCUT2D eigenvalue weighted by atomic mass is 19.1. The Hall–Kier alpha value is -2.51. The molecule has 3 rings (SSSR count). The topological polar surface area (TPSA) is 78.5 Å². The normalized spacial score (nSPS) is 23.9. The van der Waals surface area contributed by atoms with Crippen LogP contribution in [0.2, 0.25) is 0 Å². The van der Waals surface area contributed by atoms with Gasteiger partial charge in [0.2, 0.25) is 5.91 Å². The van der Waals surface area contributed by atoms with Gasteiger partial charge in [0.25, 0.3) is 5.91 Å². The summed E-state index contributed by atoms with van der Waals surface area (Å²) in [6, 6.07) is 1.95. The van der Waals surface area contributed by atoms with E-state index < -0.39 is 41.6 Å². The lowest BCUT2D eigenvalue weighted by Crippen LogP contribution is -2.44. The monoisotopic (exact) mass is 323 g/mol. The van der Waals surface area contributed by atoms with Crippen LogP contribution >= 0.6 is 0 Å². The fraction of sp³-hybridized carbons (Fsp3) is 0.400. The van der Waals surface area contributed by atoms with Crippen LogP contribution in [0, 0.1) is 11.6 Å². The van der Waals surface area contributed by atoms with E-state index in [1.165, 1.54) is 6.92 Å². The van der Waals surface area contributed by atoms with Crippen LogP contribution in [0.15, 0.2) is 18.2 Å².